The predicted octanol–water partition coefficient (Wildman–Crippen LogP) is 5.26. The van der Waals surface area contributed by atoms with Gasteiger partial charge in [0.15, 0.2) is 5.16 Å². The molecule has 0 unspecified atom stereocenters. The summed E-state index contributed by atoms with van der Waals surface area (Å²) in [5.74, 6) is 0.401. The van der Waals surface area contributed by atoms with Crippen molar-refractivity contribution in [3.8, 4) is 0 Å². The third-order valence-corrected chi connectivity index (χ3v) is 7.19. The van der Waals surface area contributed by atoms with Gasteiger partial charge in [-0.15, -0.1) is 0 Å². The fourth-order valence-corrected chi connectivity index (χ4v) is 4.90. The average molecular weight is 526 g/mol. The number of carbonyl (C=O) groups is 1. The Bertz CT molecular complexity index is 1170. The fourth-order valence-electron chi connectivity index (χ4n) is 3.96. The van der Waals surface area contributed by atoms with E-state index in [4.69, 9.17) is 0 Å². The maximum Gasteiger partial charge on any atom is 0.277 e. The standard InChI is InChI=1S/C28H36FN5O2S/c1-3-4-5-6-7-14-33(2)26(35)9-8-15-34-19-24(16-23-17-30-21-31-18-23)27(36)32-28(34)37-20-22-10-12-25(29)13-11-22/h10-13,17-19,21H,3-9,14-16,20H2,1-2H3. The van der Waals surface area contributed by atoms with Crippen molar-refractivity contribution < 1.29 is 9.18 Å². The molecule has 0 bridgehead atoms. The molecule has 2 aromatic heterocycles. The van der Waals surface area contributed by atoms with Crippen molar-refractivity contribution in [3.05, 3.63) is 82.0 Å². The van der Waals surface area contributed by atoms with Crippen LogP contribution in [-0.4, -0.2) is 43.9 Å². The summed E-state index contributed by atoms with van der Waals surface area (Å²) < 4.78 is 15.2. The molecule has 0 aliphatic carbocycles. The zero-order valence-corrected chi connectivity index (χ0v) is 22.6. The van der Waals surface area contributed by atoms with Gasteiger partial charge in [-0.3, -0.25) is 9.59 Å². The number of carbonyl (C=O) groups excluding carboxylic acids is 1. The van der Waals surface area contributed by atoms with Gasteiger partial charge >= 0.3 is 0 Å². The quantitative estimate of drug-likeness (QED) is 0.153. The Morgan fingerprint density at radius 2 is 1.76 bits per heavy atom. The van der Waals surface area contributed by atoms with Gasteiger partial charge in [-0.1, -0.05) is 56.5 Å². The van der Waals surface area contributed by atoms with Crippen LogP contribution in [0.1, 0.15) is 68.6 Å². The number of hydrogen-bond acceptors (Lipinski definition) is 6. The number of nitrogens with zero attached hydrogens (tertiary/aromatic N) is 5. The van der Waals surface area contributed by atoms with Crippen LogP contribution < -0.4 is 5.56 Å². The van der Waals surface area contributed by atoms with E-state index in [1.807, 2.05) is 22.7 Å². The lowest BCUT2D eigenvalue weighted by Crippen LogP contribution is -2.28. The fraction of sp³-hybridized carbons (Fsp3) is 0.464. The van der Waals surface area contributed by atoms with Crippen molar-refractivity contribution in [2.75, 3.05) is 13.6 Å². The molecular formula is C28H36FN5O2S. The molecule has 0 atom stereocenters. The monoisotopic (exact) mass is 525 g/mol. The smallest absolute Gasteiger partial charge is 0.277 e. The minimum atomic E-state index is -0.291. The second kappa shape index (κ2) is 15.2. The number of halogens is 1. The minimum Gasteiger partial charge on any atom is -0.346 e. The molecule has 3 aromatic rings. The van der Waals surface area contributed by atoms with Crippen molar-refractivity contribution in [2.24, 2.45) is 0 Å². The van der Waals surface area contributed by atoms with E-state index in [2.05, 4.69) is 21.9 Å². The molecule has 37 heavy (non-hydrogen) atoms. The molecule has 1 aromatic carbocycles. The molecule has 9 heteroatoms. The van der Waals surface area contributed by atoms with E-state index >= 15 is 0 Å². The summed E-state index contributed by atoms with van der Waals surface area (Å²) in [5.41, 5.74) is 2.03. The summed E-state index contributed by atoms with van der Waals surface area (Å²) in [6, 6.07) is 6.30. The lowest BCUT2D eigenvalue weighted by atomic mass is 10.1. The first-order valence-corrected chi connectivity index (χ1v) is 13.9. The second-order valence-corrected chi connectivity index (χ2v) is 10.2. The van der Waals surface area contributed by atoms with Gasteiger partial charge in [0.1, 0.15) is 12.1 Å². The summed E-state index contributed by atoms with van der Waals surface area (Å²) in [5, 5.41) is 0.583. The number of amides is 1. The molecule has 2 heterocycles. The lowest BCUT2D eigenvalue weighted by molar-refractivity contribution is -0.130. The predicted molar refractivity (Wildman–Crippen MR) is 145 cm³/mol. The number of rotatable bonds is 15. The van der Waals surface area contributed by atoms with E-state index in [1.165, 1.54) is 49.5 Å². The highest BCUT2D eigenvalue weighted by Crippen LogP contribution is 2.22. The van der Waals surface area contributed by atoms with Crippen molar-refractivity contribution in [2.45, 2.75) is 75.7 Å². The van der Waals surface area contributed by atoms with Gasteiger partial charge < -0.3 is 9.47 Å². The molecule has 0 radical (unpaired) electrons. The topological polar surface area (TPSA) is 81.0 Å². The Balaban J connectivity index is 1.65. The van der Waals surface area contributed by atoms with Gasteiger partial charge in [0.2, 0.25) is 5.91 Å². The molecule has 0 aliphatic heterocycles. The Labute approximate surface area is 222 Å². The van der Waals surface area contributed by atoms with E-state index in [0.717, 1.165) is 30.5 Å². The molecular weight excluding hydrogens is 489 g/mol. The van der Waals surface area contributed by atoms with Crippen molar-refractivity contribution in [1.29, 1.82) is 0 Å². The van der Waals surface area contributed by atoms with E-state index < -0.39 is 0 Å². The van der Waals surface area contributed by atoms with E-state index in [9.17, 15) is 14.0 Å². The van der Waals surface area contributed by atoms with E-state index in [0.29, 0.717) is 42.3 Å². The Kier molecular flexibility index (Phi) is 11.7. The third-order valence-electron chi connectivity index (χ3n) is 6.13. The summed E-state index contributed by atoms with van der Waals surface area (Å²) in [6.07, 6.45) is 14.0. The maximum absolute atomic E-state index is 13.3. The van der Waals surface area contributed by atoms with E-state index in [-0.39, 0.29) is 17.3 Å². The van der Waals surface area contributed by atoms with Crippen LogP contribution in [0, 0.1) is 5.82 Å². The van der Waals surface area contributed by atoms with Gasteiger partial charge in [-0.05, 0) is 36.1 Å². The number of hydrogen-bond donors (Lipinski definition) is 0. The van der Waals surface area contributed by atoms with Gasteiger partial charge in [0.05, 0.1) is 0 Å². The number of benzene rings is 1. The summed E-state index contributed by atoms with van der Waals surface area (Å²) >= 11 is 1.43. The molecule has 1 amide bonds. The summed E-state index contributed by atoms with van der Waals surface area (Å²) in [4.78, 5) is 39.7. The van der Waals surface area contributed by atoms with Gasteiger partial charge in [-0.25, -0.2) is 14.4 Å². The zero-order chi connectivity index (χ0) is 26.5. The molecule has 0 aliphatic rings. The van der Waals surface area contributed by atoms with Gasteiger partial charge in [0.25, 0.3) is 5.56 Å². The van der Waals surface area contributed by atoms with Crippen LogP contribution in [-0.2, 0) is 23.5 Å². The molecule has 0 saturated carbocycles. The van der Waals surface area contributed by atoms with Crippen LogP contribution >= 0.6 is 11.8 Å². The second-order valence-electron chi connectivity index (χ2n) is 9.22. The molecule has 198 valence electrons. The normalized spacial score (nSPS) is 11.0. The van der Waals surface area contributed by atoms with Crippen molar-refractivity contribution in [3.63, 3.8) is 0 Å². The Morgan fingerprint density at radius 1 is 1.03 bits per heavy atom. The summed E-state index contributed by atoms with van der Waals surface area (Å²) in [7, 11) is 1.87. The molecule has 0 saturated heterocycles. The first kappa shape index (κ1) is 28.5. The molecule has 3 rings (SSSR count). The molecule has 0 N–H and O–H groups in total. The highest BCUT2D eigenvalue weighted by molar-refractivity contribution is 7.98. The Morgan fingerprint density at radius 3 is 2.49 bits per heavy atom. The van der Waals surface area contributed by atoms with Crippen molar-refractivity contribution in [1.82, 2.24) is 24.4 Å². The molecule has 0 fully saturated rings. The van der Waals surface area contributed by atoms with Crippen LogP contribution in [0.2, 0.25) is 0 Å². The number of thioether (sulfide) groups is 1. The SMILES string of the molecule is CCCCCCCN(C)C(=O)CCCn1cc(Cc2cncnc2)c(=O)nc1SCc1ccc(F)cc1. The molecule has 7 nitrogen and oxygen atoms in total. The van der Waals surface area contributed by atoms with Crippen LogP contribution in [0.15, 0.2) is 59.1 Å². The van der Waals surface area contributed by atoms with Crippen LogP contribution in [0.4, 0.5) is 4.39 Å². The number of aryl methyl sites for hydroxylation is 1. The average Bonchev–Trinajstić information content (AvgIpc) is 2.90. The first-order chi connectivity index (χ1) is 18.0. The van der Waals surface area contributed by atoms with Gasteiger partial charge in [0, 0.05) is 62.9 Å². The van der Waals surface area contributed by atoms with Crippen LogP contribution in [0.3, 0.4) is 0 Å². The lowest BCUT2D eigenvalue weighted by Gasteiger charge is -2.18. The van der Waals surface area contributed by atoms with E-state index in [1.54, 1.807) is 24.5 Å². The largest absolute Gasteiger partial charge is 0.346 e. The van der Waals surface area contributed by atoms with Crippen LogP contribution in [0.5, 0.6) is 0 Å². The molecule has 0 spiro atoms. The Hall–Kier alpha value is -3.07. The first-order valence-electron chi connectivity index (χ1n) is 12.9. The highest BCUT2D eigenvalue weighted by Gasteiger charge is 2.13. The van der Waals surface area contributed by atoms with Gasteiger partial charge in [-0.2, -0.15) is 4.98 Å². The third kappa shape index (κ3) is 9.72. The number of unbranched alkanes of at least 4 members (excludes halogenated alkanes) is 4. The maximum atomic E-state index is 13.3. The van der Waals surface area contributed by atoms with Crippen LogP contribution in [0.25, 0.3) is 0 Å². The minimum absolute atomic E-state index is 0.131. The summed E-state index contributed by atoms with van der Waals surface area (Å²) in [6.45, 7) is 3.54. The number of aromatic nitrogens is 4. The zero-order valence-electron chi connectivity index (χ0n) is 21.7. The highest BCUT2D eigenvalue weighted by atomic mass is 32.2. The van der Waals surface area contributed by atoms with Crippen molar-refractivity contribution >= 4 is 17.7 Å².